The number of hydrogen-bond acceptors (Lipinski definition) is 7. The summed E-state index contributed by atoms with van der Waals surface area (Å²) in [5, 5.41) is 15.0. The van der Waals surface area contributed by atoms with Crippen LogP contribution in [0.5, 0.6) is 11.5 Å². The summed E-state index contributed by atoms with van der Waals surface area (Å²) < 4.78 is 16.2. The lowest BCUT2D eigenvalue weighted by atomic mass is 10.1. The largest absolute Gasteiger partial charge is 0.493 e. The van der Waals surface area contributed by atoms with E-state index in [9.17, 15) is 19.6 Å². The number of ether oxygens (including phenoxy) is 3. The number of carbonyl (C=O) groups is 3. The van der Waals surface area contributed by atoms with E-state index in [1.807, 2.05) is 38.1 Å². The predicted octanol–water partition coefficient (Wildman–Crippen LogP) is 5.42. The summed E-state index contributed by atoms with van der Waals surface area (Å²) in [6, 6.07) is 16.8. The highest BCUT2D eigenvalue weighted by molar-refractivity contribution is 9.10. The number of esters is 1. The molecule has 0 saturated carbocycles. The topological polar surface area (TPSA) is 127 Å². The Morgan fingerprint density at radius 2 is 1.64 bits per heavy atom. The van der Waals surface area contributed by atoms with Gasteiger partial charge in [-0.3, -0.25) is 9.59 Å². The number of anilines is 2. The van der Waals surface area contributed by atoms with Crippen molar-refractivity contribution in [3.63, 3.8) is 0 Å². The fourth-order valence-electron chi connectivity index (χ4n) is 3.44. The zero-order valence-electron chi connectivity index (χ0n) is 21.8. The molecule has 200 valence electrons. The number of hydrogen-bond donors (Lipinski definition) is 2. The summed E-state index contributed by atoms with van der Waals surface area (Å²) in [5.41, 5.74) is 3.90. The number of aryl methyl sites for hydroxylation is 2. The van der Waals surface area contributed by atoms with Crippen LogP contribution in [0.15, 0.2) is 64.6 Å². The SMILES string of the molecule is COC(=O)c1ccc(NC(=O)/C(C#N)=C\c2cc(Br)c(OCC(=O)Nc3ccc(C)c(C)c3)c(OC)c2)cc1. The molecule has 2 N–H and O–H groups in total. The zero-order chi connectivity index (χ0) is 28.5. The minimum Gasteiger partial charge on any atom is -0.493 e. The number of halogens is 1. The zero-order valence-corrected chi connectivity index (χ0v) is 23.3. The Balaban J connectivity index is 1.71. The first-order chi connectivity index (χ1) is 18.6. The van der Waals surface area contributed by atoms with Crippen LogP contribution in [0, 0.1) is 25.2 Å². The lowest BCUT2D eigenvalue weighted by molar-refractivity contribution is -0.118. The molecular formula is C29H26BrN3O6. The molecule has 0 aromatic heterocycles. The fourth-order valence-corrected chi connectivity index (χ4v) is 4.01. The van der Waals surface area contributed by atoms with Gasteiger partial charge in [-0.25, -0.2) is 4.79 Å². The summed E-state index contributed by atoms with van der Waals surface area (Å²) >= 11 is 3.41. The van der Waals surface area contributed by atoms with Gasteiger partial charge in [0.05, 0.1) is 24.3 Å². The maximum atomic E-state index is 12.7. The van der Waals surface area contributed by atoms with E-state index in [4.69, 9.17) is 9.47 Å². The first kappa shape index (κ1) is 28.9. The van der Waals surface area contributed by atoms with Crippen LogP contribution >= 0.6 is 15.9 Å². The highest BCUT2D eigenvalue weighted by Crippen LogP contribution is 2.37. The molecule has 0 bridgehead atoms. The molecule has 39 heavy (non-hydrogen) atoms. The van der Waals surface area contributed by atoms with Gasteiger partial charge in [0, 0.05) is 11.4 Å². The first-order valence-corrected chi connectivity index (χ1v) is 12.4. The van der Waals surface area contributed by atoms with Crippen molar-refractivity contribution in [3.05, 3.63) is 86.9 Å². The second-order valence-electron chi connectivity index (χ2n) is 8.36. The number of methoxy groups -OCH3 is 2. The molecule has 0 saturated heterocycles. The Morgan fingerprint density at radius 3 is 2.26 bits per heavy atom. The minimum absolute atomic E-state index is 0.164. The molecular weight excluding hydrogens is 566 g/mol. The number of carbonyl (C=O) groups excluding carboxylic acids is 3. The monoisotopic (exact) mass is 591 g/mol. The molecule has 0 atom stereocenters. The molecule has 10 heteroatoms. The van der Waals surface area contributed by atoms with Crippen molar-refractivity contribution in [1.82, 2.24) is 0 Å². The highest BCUT2D eigenvalue weighted by atomic mass is 79.9. The third kappa shape index (κ3) is 7.69. The highest BCUT2D eigenvalue weighted by Gasteiger charge is 2.16. The molecule has 9 nitrogen and oxygen atoms in total. The van der Waals surface area contributed by atoms with Gasteiger partial charge in [-0.05, 0) is 101 Å². The summed E-state index contributed by atoms with van der Waals surface area (Å²) in [5.74, 6) is -0.898. The van der Waals surface area contributed by atoms with E-state index in [1.54, 1.807) is 12.1 Å². The molecule has 0 radical (unpaired) electrons. The number of nitrogens with one attached hydrogen (secondary N) is 2. The van der Waals surface area contributed by atoms with E-state index in [2.05, 4.69) is 31.3 Å². The first-order valence-electron chi connectivity index (χ1n) is 11.6. The van der Waals surface area contributed by atoms with Gasteiger partial charge in [0.2, 0.25) is 0 Å². The van der Waals surface area contributed by atoms with Crippen LogP contribution in [0.1, 0.15) is 27.0 Å². The Bertz CT molecular complexity index is 1480. The molecule has 0 aliphatic heterocycles. The fraction of sp³-hybridized carbons (Fsp3) is 0.172. The van der Waals surface area contributed by atoms with Gasteiger partial charge >= 0.3 is 5.97 Å². The Morgan fingerprint density at radius 1 is 0.949 bits per heavy atom. The lowest BCUT2D eigenvalue weighted by Crippen LogP contribution is -2.20. The van der Waals surface area contributed by atoms with Crippen molar-refractivity contribution >= 4 is 51.2 Å². The second kappa shape index (κ2) is 13.3. The molecule has 0 heterocycles. The van der Waals surface area contributed by atoms with Crippen LogP contribution in [0.25, 0.3) is 6.08 Å². The number of amides is 2. The Hall–Kier alpha value is -4.62. The van der Waals surface area contributed by atoms with E-state index in [-0.39, 0.29) is 18.1 Å². The van der Waals surface area contributed by atoms with Gasteiger partial charge in [-0.1, -0.05) is 6.07 Å². The van der Waals surface area contributed by atoms with E-state index >= 15 is 0 Å². The smallest absolute Gasteiger partial charge is 0.337 e. The molecule has 2 amide bonds. The van der Waals surface area contributed by atoms with Crippen molar-refractivity contribution in [2.45, 2.75) is 13.8 Å². The molecule has 0 aliphatic carbocycles. The Kier molecular flexibility index (Phi) is 9.84. The van der Waals surface area contributed by atoms with Gasteiger partial charge in [-0.2, -0.15) is 5.26 Å². The lowest BCUT2D eigenvalue weighted by Gasteiger charge is -2.14. The molecule has 0 unspecified atom stereocenters. The summed E-state index contributed by atoms with van der Waals surface area (Å²) in [6.07, 6.45) is 1.39. The van der Waals surface area contributed by atoms with Crippen molar-refractivity contribution < 1.29 is 28.6 Å². The molecule has 0 fully saturated rings. The average molecular weight is 592 g/mol. The third-order valence-electron chi connectivity index (χ3n) is 5.63. The summed E-state index contributed by atoms with van der Waals surface area (Å²) in [4.78, 5) is 36.7. The maximum Gasteiger partial charge on any atom is 0.337 e. The summed E-state index contributed by atoms with van der Waals surface area (Å²) in [6.45, 7) is 3.69. The van der Waals surface area contributed by atoms with Gasteiger partial charge in [0.1, 0.15) is 11.6 Å². The second-order valence-corrected chi connectivity index (χ2v) is 9.22. The summed E-state index contributed by atoms with van der Waals surface area (Å²) in [7, 11) is 2.71. The van der Waals surface area contributed by atoms with Gasteiger partial charge in [0.15, 0.2) is 18.1 Å². The van der Waals surface area contributed by atoms with Crippen LogP contribution in [0.4, 0.5) is 11.4 Å². The minimum atomic E-state index is -0.637. The molecule has 0 aliphatic rings. The standard InChI is InChI=1S/C29H26BrN3O6/c1-17-5-8-23(11-18(17)2)32-26(34)16-39-27-24(30)13-19(14-25(27)37-3)12-21(15-31)28(35)33-22-9-6-20(7-10-22)29(36)38-4/h5-14H,16H2,1-4H3,(H,32,34)(H,33,35)/b21-12-. The quantitative estimate of drug-likeness (QED) is 0.193. The third-order valence-corrected chi connectivity index (χ3v) is 6.22. The normalized spacial score (nSPS) is 10.7. The van der Waals surface area contributed by atoms with E-state index < -0.39 is 11.9 Å². The van der Waals surface area contributed by atoms with Crippen LogP contribution in [-0.4, -0.2) is 38.6 Å². The van der Waals surface area contributed by atoms with Gasteiger partial charge < -0.3 is 24.8 Å². The van der Waals surface area contributed by atoms with E-state index in [0.29, 0.717) is 38.5 Å². The van der Waals surface area contributed by atoms with Crippen molar-refractivity contribution in [3.8, 4) is 17.6 Å². The molecule has 0 spiro atoms. The van der Waals surface area contributed by atoms with Gasteiger partial charge in [0.25, 0.3) is 11.8 Å². The van der Waals surface area contributed by atoms with Crippen molar-refractivity contribution in [2.75, 3.05) is 31.5 Å². The van der Waals surface area contributed by atoms with Crippen LogP contribution in [-0.2, 0) is 14.3 Å². The van der Waals surface area contributed by atoms with Crippen molar-refractivity contribution in [2.24, 2.45) is 0 Å². The maximum absolute atomic E-state index is 12.7. The van der Waals surface area contributed by atoms with Crippen LogP contribution in [0.2, 0.25) is 0 Å². The average Bonchev–Trinajstić information content (AvgIpc) is 2.92. The molecule has 3 aromatic rings. The Labute approximate surface area is 234 Å². The van der Waals surface area contributed by atoms with E-state index in [0.717, 1.165) is 11.1 Å². The van der Waals surface area contributed by atoms with Crippen molar-refractivity contribution in [1.29, 1.82) is 5.26 Å². The van der Waals surface area contributed by atoms with E-state index in [1.165, 1.54) is 44.6 Å². The molecule has 3 aromatic carbocycles. The number of nitrogens with zero attached hydrogens (tertiary/aromatic N) is 1. The van der Waals surface area contributed by atoms with Gasteiger partial charge in [-0.15, -0.1) is 0 Å². The number of benzene rings is 3. The molecule has 3 rings (SSSR count). The van der Waals surface area contributed by atoms with Crippen LogP contribution in [0.3, 0.4) is 0 Å². The number of rotatable bonds is 9. The number of nitriles is 1. The predicted molar refractivity (Wildman–Crippen MR) is 151 cm³/mol. The van der Waals surface area contributed by atoms with Crippen LogP contribution < -0.4 is 20.1 Å².